The van der Waals surface area contributed by atoms with Gasteiger partial charge in [0.25, 0.3) is 0 Å². The molecule has 0 bridgehead atoms. The van der Waals surface area contributed by atoms with Gasteiger partial charge in [0, 0.05) is 9.26 Å². The highest BCUT2D eigenvalue weighted by Gasteiger charge is 1.98. The molecular formula is C7H6FIN2S. The maximum Gasteiger partial charge on any atom is 0.168 e. The molecule has 12 heavy (non-hydrogen) atoms. The van der Waals surface area contributed by atoms with Crippen LogP contribution < -0.4 is 11.1 Å². The number of nitrogens with two attached hydrogens (primary N) is 1. The highest BCUT2D eigenvalue weighted by Crippen LogP contribution is 2.15. The zero-order valence-corrected chi connectivity index (χ0v) is 8.95. The summed E-state index contributed by atoms with van der Waals surface area (Å²) in [5.74, 6) is -0.305. The predicted octanol–water partition coefficient (Wildman–Crippen LogP) is 2.09. The molecule has 0 aliphatic carbocycles. The maximum absolute atomic E-state index is 12.7. The maximum atomic E-state index is 12.7. The van der Waals surface area contributed by atoms with Crippen molar-refractivity contribution in [2.45, 2.75) is 0 Å². The van der Waals surface area contributed by atoms with Crippen molar-refractivity contribution in [1.82, 2.24) is 0 Å². The van der Waals surface area contributed by atoms with Gasteiger partial charge in [0.15, 0.2) is 5.11 Å². The van der Waals surface area contributed by atoms with Crippen molar-refractivity contribution in [3.05, 3.63) is 27.6 Å². The highest BCUT2D eigenvalue weighted by atomic mass is 127. The first-order valence-electron chi connectivity index (χ1n) is 3.10. The van der Waals surface area contributed by atoms with Crippen LogP contribution in [0, 0.1) is 9.39 Å². The fourth-order valence-electron chi connectivity index (χ4n) is 0.768. The van der Waals surface area contributed by atoms with E-state index < -0.39 is 0 Å². The Hall–Kier alpha value is -0.430. The molecule has 0 saturated carbocycles. The quantitative estimate of drug-likeness (QED) is 0.615. The van der Waals surface area contributed by atoms with Crippen LogP contribution in [0.25, 0.3) is 0 Å². The molecule has 0 saturated heterocycles. The molecule has 1 rings (SSSR count). The smallest absolute Gasteiger partial charge is 0.168 e. The summed E-state index contributed by atoms with van der Waals surface area (Å²) in [7, 11) is 0. The predicted molar refractivity (Wildman–Crippen MR) is 59.5 cm³/mol. The van der Waals surface area contributed by atoms with Crippen molar-refractivity contribution in [1.29, 1.82) is 0 Å². The van der Waals surface area contributed by atoms with Gasteiger partial charge in [-0.2, -0.15) is 0 Å². The van der Waals surface area contributed by atoms with E-state index >= 15 is 0 Å². The number of anilines is 1. The third-order valence-electron chi connectivity index (χ3n) is 1.13. The first-order chi connectivity index (χ1) is 5.58. The summed E-state index contributed by atoms with van der Waals surface area (Å²) in [5, 5.41) is 2.79. The number of rotatable bonds is 1. The average molecular weight is 296 g/mol. The second-order valence-corrected chi connectivity index (χ2v) is 3.83. The van der Waals surface area contributed by atoms with Crippen molar-refractivity contribution in [3.8, 4) is 0 Å². The minimum Gasteiger partial charge on any atom is -0.376 e. The largest absolute Gasteiger partial charge is 0.376 e. The standard InChI is InChI=1S/C7H6FIN2S/c8-4-1-5(9)3-6(2-4)11-7(10)12/h1-3H,(H3,10,11,12). The van der Waals surface area contributed by atoms with Crippen LogP contribution in [0.15, 0.2) is 18.2 Å². The lowest BCUT2D eigenvalue weighted by Crippen LogP contribution is -2.18. The molecule has 0 amide bonds. The van der Waals surface area contributed by atoms with Crippen molar-refractivity contribution in [2.24, 2.45) is 5.73 Å². The van der Waals surface area contributed by atoms with E-state index in [0.29, 0.717) is 5.69 Å². The number of hydrogen-bond donors (Lipinski definition) is 2. The Morgan fingerprint density at radius 1 is 1.50 bits per heavy atom. The van der Waals surface area contributed by atoms with Gasteiger partial charge in [-0.15, -0.1) is 0 Å². The van der Waals surface area contributed by atoms with E-state index in [1.54, 1.807) is 6.07 Å². The summed E-state index contributed by atoms with van der Waals surface area (Å²) in [6, 6.07) is 4.51. The topological polar surface area (TPSA) is 38.0 Å². The monoisotopic (exact) mass is 296 g/mol. The molecule has 1 aromatic rings. The van der Waals surface area contributed by atoms with Crippen LogP contribution in [-0.2, 0) is 0 Å². The number of benzene rings is 1. The fraction of sp³-hybridized carbons (Fsp3) is 0. The summed E-state index contributed by atoms with van der Waals surface area (Å²) >= 11 is 6.62. The minimum absolute atomic E-state index is 0.136. The summed E-state index contributed by atoms with van der Waals surface area (Å²) in [6.45, 7) is 0. The molecule has 0 unspecified atom stereocenters. The molecule has 1 aromatic carbocycles. The lowest BCUT2D eigenvalue weighted by molar-refractivity contribution is 0.627. The zero-order chi connectivity index (χ0) is 9.14. The van der Waals surface area contributed by atoms with Gasteiger partial charge in [-0.05, 0) is 53.0 Å². The average Bonchev–Trinajstić information content (AvgIpc) is 1.81. The van der Waals surface area contributed by atoms with E-state index in [-0.39, 0.29) is 10.9 Å². The molecular weight excluding hydrogens is 290 g/mol. The van der Waals surface area contributed by atoms with Crippen LogP contribution in [0.4, 0.5) is 10.1 Å². The molecule has 0 aliphatic heterocycles. The van der Waals surface area contributed by atoms with Crippen LogP contribution in [0.1, 0.15) is 0 Å². The Labute approximate surface area is 88.5 Å². The van der Waals surface area contributed by atoms with Crippen LogP contribution in [0.3, 0.4) is 0 Å². The molecule has 0 aliphatic rings. The molecule has 5 heteroatoms. The second kappa shape index (κ2) is 3.99. The first kappa shape index (κ1) is 9.66. The van der Waals surface area contributed by atoms with E-state index in [1.165, 1.54) is 12.1 Å². The number of nitrogens with one attached hydrogen (secondary N) is 1. The zero-order valence-electron chi connectivity index (χ0n) is 5.97. The molecule has 0 spiro atoms. The Morgan fingerprint density at radius 2 is 2.17 bits per heavy atom. The van der Waals surface area contributed by atoms with Gasteiger partial charge in [0.1, 0.15) is 5.82 Å². The summed E-state index contributed by atoms with van der Waals surface area (Å²) in [6.07, 6.45) is 0. The molecule has 64 valence electrons. The summed E-state index contributed by atoms with van der Waals surface area (Å²) in [5.41, 5.74) is 5.80. The van der Waals surface area contributed by atoms with Crippen LogP contribution in [-0.4, -0.2) is 5.11 Å². The van der Waals surface area contributed by atoms with Gasteiger partial charge in [0.05, 0.1) is 0 Å². The Morgan fingerprint density at radius 3 is 2.67 bits per heavy atom. The summed E-state index contributed by atoms with van der Waals surface area (Å²) < 4.78 is 13.5. The van der Waals surface area contributed by atoms with E-state index in [9.17, 15) is 4.39 Å². The van der Waals surface area contributed by atoms with Crippen LogP contribution in [0.5, 0.6) is 0 Å². The molecule has 2 nitrogen and oxygen atoms in total. The van der Waals surface area contributed by atoms with Gasteiger partial charge in [-0.3, -0.25) is 0 Å². The van der Waals surface area contributed by atoms with Gasteiger partial charge >= 0.3 is 0 Å². The summed E-state index contributed by atoms with van der Waals surface area (Å²) in [4.78, 5) is 0. The lowest BCUT2D eigenvalue weighted by atomic mass is 10.3. The Kier molecular flexibility index (Phi) is 3.21. The molecule has 0 radical (unpaired) electrons. The molecule has 0 heterocycles. The van der Waals surface area contributed by atoms with Gasteiger partial charge in [-0.1, -0.05) is 0 Å². The molecule has 3 N–H and O–H groups in total. The number of hydrogen-bond acceptors (Lipinski definition) is 1. The van der Waals surface area contributed by atoms with Crippen LogP contribution in [0.2, 0.25) is 0 Å². The van der Waals surface area contributed by atoms with Gasteiger partial charge in [0.2, 0.25) is 0 Å². The van der Waals surface area contributed by atoms with Crippen molar-refractivity contribution in [3.63, 3.8) is 0 Å². The Bertz CT molecular complexity index is 296. The van der Waals surface area contributed by atoms with Crippen molar-refractivity contribution in [2.75, 3.05) is 5.32 Å². The molecule has 0 aromatic heterocycles. The fourth-order valence-corrected chi connectivity index (χ4v) is 1.52. The highest BCUT2D eigenvalue weighted by molar-refractivity contribution is 14.1. The van der Waals surface area contributed by atoms with E-state index in [4.69, 9.17) is 5.73 Å². The van der Waals surface area contributed by atoms with Gasteiger partial charge in [-0.25, -0.2) is 4.39 Å². The van der Waals surface area contributed by atoms with E-state index in [2.05, 4.69) is 17.5 Å². The molecule has 0 atom stereocenters. The third kappa shape index (κ3) is 2.90. The van der Waals surface area contributed by atoms with E-state index in [0.717, 1.165) is 3.57 Å². The normalized spacial score (nSPS) is 9.50. The SMILES string of the molecule is NC(=S)Nc1cc(F)cc(I)c1. The Balaban J connectivity index is 2.93. The number of halogens is 2. The second-order valence-electron chi connectivity index (χ2n) is 2.15. The minimum atomic E-state index is -0.305. The van der Waals surface area contributed by atoms with E-state index in [1.807, 2.05) is 22.6 Å². The molecule has 0 fully saturated rings. The number of thiocarbonyl (C=S) groups is 1. The van der Waals surface area contributed by atoms with Crippen molar-refractivity contribution >= 4 is 45.6 Å². The first-order valence-corrected chi connectivity index (χ1v) is 4.59. The third-order valence-corrected chi connectivity index (χ3v) is 1.85. The van der Waals surface area contributed by atoms with Crippen molar-refractivity contribution < 1.29 is 4.39 Å². The van der Waals surface area contributed by atoms with Gasteiger partial charge < -0.3 is 11.1 Å². The lowest BCUT2D eigenvalue weighted by Gasteiger charge is -2.03. The van der Waals surface area contributed by atoms with Crippen LogP contribution >= 0.6 is 34.8 Å².